The number of benzene rings is 1. The molecular weight excluding hydrogens is 318 g/mol. The Hall–Kier alpha value is -2.94. The number of nitrogens with zero attached hydrogens (tertiary/aromatic N) is 2. The molecule has 0 atom stereocenters. The quantitative estimate of drug-likeness (QED) is 0.833. The molecule has 0 bridgehead atoms. The van der Waals surface area contributed by atoms with Crippen molar-refractivity contribution in [3.63, 3.8) is 0 Å². The highest BCUT2D eigenvalue weighted by atomic mass is 16.5. The van der Waals surface area contributed by atoms with Crippen LogP contribution in [0.2, 0.25) is 0 Å². The van der Waals surface area contributed by atoms with Crippen LogP contribution in [-0.4, -0.2) is 24.3 Å². The van der Waals surface area contributed by atoms with Gasteiger partial charge < -0.3 is 20.3 Å². The standard InChI is InChI=1S/C19H21N3O3/c1-24-15-8-11(9-16(25-2)18(15)23)17-12-6-4-3-5-7-14(12)22-19(21)13(17)10-20/h8-9,23H,3-7H2,1-2H3,(H2,21,22). The summed E-state index contributed by atoms with van der Waals surface area (Å²) in [6.07, 6.45) is 4.93. The highest BCUT2D eigenvalue weighted by molar-refractivity contribution is 5.81. The summed E-state index contributed by atoms with van der Waals surface area (Å²) in [6.45, 7) is 0. The van der Waals surface area contributed by atoms with E-state index in [1.165, 1.54) is 14.2 Å². The number of aromatic hydroxyl groups is 1. The Morgan fingerprint density at radius 3 is 2.36 bits per heavy atom. The van der Waals surface area contributed by atoms with E-state index < -0.39 is 0 Å². The lowest BCUT2D eigenvalue weighted by Crippen LogP contribution is -2.07. The molecule has 0 amide bonds. The SMILES string of the molecule is COc1cc(-c2c(C#N)c(N)nc3c2CCCCC3)cc(OC)c1O. The summed E-state index contributed by atoms with van der Waals surface area (Å²) in [4.78, 5) is 4.48. The van der Waals surface area contributed by atoms with Gasteiger partial charge in [-0.05, 0) is 48.9 Å². The topological polar surface area (TPSA) is 101 Å². The summed E-state index contributed by atoms with van der Waals surface area (Å²) in [5.74, 6) is 0.747. The molecular formula is C19H21N3O3. The molecule has 0 radical (unpaired) electrons. The number of ether oxygens (including phenoxy) is 2. The van der Waals surface area contributed by atoms with Crippen LogP contribution in [0.5, 0.6) is 17.2 Å². The van der Waals surface area contributed by atoms with Crippen LogP contribution in [-0.2, 0) is 12.8 Å². The number of rotatable bonds is 3. The molecule has 0 aliphatic heterocycles. The fraction of sp³-hybridized carbons (Fsp3) is 0.368. The van der Waals surface area contributed by atoms with Crippen LogP contribution in [0, 0.1) is 11.3 Å². The van der Waals surface area contributed by atoms with Crippen molar-refractivity contribution in [1.82, 2.24) is 4.98 Å². The van der Waals surface area contributed by atoms with Gasteiger partial charge in [0.2, 0.25) is 5.75 Å². The normalized spacial score (nSPS) is 13.5. The minimum absolute atomic E-state index is 0.0691. The number of nitrogen functional groups attached to an aromatic ring is 1. The summed E-state index contributed by atoms with van der Waals surface area (Å²) in [6, 6.07) is 5.60. The van der Waals surface area contributed by atoms with Crippen molar-refractivity contribution in [2.24, 2.45) is 0 Å². The smallest absolute Gasteiger partial charge is 0.200 e. The Morgan fingerprint density at radius 2 is 1.76 bits per heavy atom. The number of nitrogens with two attached hydrogens (primary N) is 1. The van der Waals surface area contributed by atoms with E-state index >= 15 is 0 Å². The van der Waals surface area contributed by atoms with Crippen molar-refractivity contribution in [2.75, 3.05) is 20.0 Å². The maximum Gasteiger partial charge on any atom is 0.200 e. The maximum absolute atomic E-state index is 10.2. The van der Waals surface area contributed by atoms with Crippen molar-refractivity contribution >= 4 is 5.82 Å². The summed E-state index contributed by atoms with van der Waals surface area (Å²) >= 11 is 0. The number of phenolic OH excluding ortho intramolecular Hbond substituents is 1. The second-order valence-corrected chi connectivity index (χ2v) is 6.07. The molecule has 0 fully saturated rings. The van der Waals surface area contributed by atoms with Crippen LogP contribution < -0.4 is 15.2 Å². The lowest BCUT2D eigenvalue weighted by molar-refractivity contribution is 0.340. The van der Waals surface area contributed by atoms with Crippen molar-refractivity contribution < 1.29 is 14.6 Å². The number of pyridine rings is 1. The molecule has 0 saturated heterocycles. The van der Waals surface area contributed by atoms with Crippen LogP contribution in [0.3, 0.4) is 0 Å². The molecule has 25 heavy (non-hydrogen) atoms. The third kappa shape index (κ3) is 2.93. The van der Waals surface area contributed by atoms with E-state index in [9.17, 15) is 10.4 Å². The van der Waals surface area contributed by atoms with Crippen LogP contribution in [0.15, 0.2) is 12.1 Å². The fourth-order valence-corrected chi connectivity index (χ4v) is 3.41. The Morgan fingerprint density at radius 1 is 1.12 bits per heavy atom. The van der Waals surface area contributed by atoms with Gasteiger partial charge in [-0.3, -0.25) is 0 Å². The molecule has 0 saturated carbocycles. The highest BCUT2D eigenvalue weighted by Gasteiger charge is 2.23. The first-order valence-electron chi connectivity index (χ1n) is 8.27. The molecule has 0 unspecified atom stereocenters. The predicted molar refractivity (Wildman–Crippen MR) is 94.8 cm³/mol. The zero-order valence-electron chi connectivity index (χ0n) is 14.4. The van der Waals surface area contributed by atoms with E-state index in [0.717, 1.165) is 54.5 Å². The number of hydrogen-bond donors (Lipinski definition) is 2. The third-order valence-corrected chi connectivity index (χ3v) is 4.63. The minimum Gasteiger partial charge on any atom is -0.502 e. The summed E-state index contributed by atoms with van der Waals surface area (Å²) in [5, 5.41) is 19.8. The number of aromatic nitrogens is 1. The number of fused-ring (bicyclic) bond motifs is 1. The zero-order valence-corrected chi connectivity index (χ0v) is 14.4. The molecule has 130 valence electrons. The summed E-state index contributed by atoms with van der Waals surface area (Å²) < 4.78 is 10.5. The molecule has 0 spiro atoms. The first-order chi connectivity index (χ1) is 12.1. The predicted octanol–water partition coefficient (Wildman–Crippen LogP) is 3.19. The number of methoxy groups -OCH3 is 2. The molecule has 1 aromatic carbocycles. The Labute approximate surface area is 146 Å². The van der Waals surface area contributed by atoms with Gasteiger partial charge in [0.05, 0.1) is 14.2 Å². The van der Waals surface area contributed by atoms with Gasteiger partial charge in [0.1, 0.15) is 17.5 Å². The molecule has 1 aliphatic carbocycles. The van der Waals surface area contributed by atoms with Gasteiger partial charge in [0.15, 0.2) is 11.5 Å². The largest absolute Gasteiger partial charge is 0.502 e. The lowest BCUT2D eigenvalue weighted by atomic mass is 9.91. The van der Waals surface area contributed by atoms with E-state index in [1.54, 1.807) is 12.1 Å². The summed E-state index contributed by atoms with van der Waals surface area (Å²) in [5.41, 5.74) is 9.93. The number of phenols is 1. The van der Waals surface area contributed by atoms with Crippen molar-refractivity contribution in [3.8, 4) is 34.4 Å². The number of aryl methyl sites for hydroxylation is 1. The Kier molecular flexibility index (Phi) is 4.66. The molecule has 3 rings (SSSR count). The molecule has 6 heteroatoms. The van der Waals surface area contributed by atoms with Crippen molar-refractivity contribution in [3.05, 3.63) is 29.0 Å². The molecule has 6 nitrogen and oxygen atoms in total. The van der Waals surface area contributed by atoms with E-state index in [2.05, 4.69) is 11.1 Å². The second-order valence-electron chi connectivity index (χ2n) is 6.07. The van der Waals surface area contributed by atoms with Crippen LogP contribution in [0.1, 0.15) is 36.1 Å². The van der Waals surface area contributed by atoms with Crippen LogP contribution in [0.25, 0.3) is 11.1 Å². The van der Waals surface area contributed by atoms with Gasteiger partial charge in [0, 0.05) is 11.3 Å². The molecule has 3 N–H and O–H groups in total. The van der Waals surface area contributed by atoms with E-state index in [-0.39, 0.29) is 23.1 Å². The summed E-state index contributed by atoms with van der Waals surface area (Å²) in [7, 11) is 2.95. The van der Waals surface area contributed by atoms with Gasteiger partial charge in [-0.1, -0.05) is 6.42 Å². The zero-order chi connectivity index (χ0) is 18.0. The molecule has 1 aromatic heterocycles. The van der Waals surface area contributed by atoms with Crippen molar-refractivity contribution in [1.29, 1.82) is 5.26 Å². The average molecular weight is 339 g/mol. The number of anilines is 1. The van der Waals surface area contributed by atoms with Crippen LogP contribution >= 0.6 is 0 Å². The van der Waals surface area contributed by atoms with E-state index in [4.69, 9.17) is 15.2 Å². The Bertz CT molecular complexity index is 831. The Balaban J connectivity index is 2.33. The second kappa shape index (κ2) is 6.89. The average Bonchev–Trinajstić information content (AvgIpc) is 2.86. The fourth-order valence-electron chi connectivity index (χ4n) is 3.41. The van der Waals surface area contributed by atoms with Gasteiger partial charge in [-0.25, -0.2) is 4.98 Å². The van der Waals surface area contributed by atoms with Gasteiger partial charge in [-0.2, -0.15) is 5.26 Å². The first kappa shape index (κ1) is 16.9. The first-order valence-corrected chi connectivity index (χ1v) is 8.27. The molecule has 2 aromatic rings. The van der Waals surface area contributed by atoms with Crippen molar-refractivity contribution in [2.45, 2.75) is 32.1 Å². The monoisotopic (exact) mass is 339 g/mol. The number of nitriles is 1. The third-order valence-electron chi connectivity index (χ3n) is 4.63. The van der Waals surface area contributed by atoms with Gasteiger partial charge >= 0.3 is 0 Å². The molecule has 1 aliphatic rings. The van der Waals surface area contributed by atoms with E-state index in [1.807, 2.05) is 0 Å². The van der Waals surface area contributed by atoms with Crippen LogP contribution in [0.4, 0.5) is 5.82 Å². The van der Waals surface area contributed by atoms with Gasteiger partial charge in [0.25, 0.3) is 0 Å². The maximum atomic E-state index is 10.2. The van der Waals surface area contributed by atoms with E-state index in [0.29, 0.717) is 5.56 Å². The highest BCUT2D eigenvalue weighted by Crippen LogP contribution is 2.43. The molecule has 1 heterocycles. The lowest BCUT2D eigenvalue weighted by Gasteiger charge is -2.18. The number of hydrogen-bond acceptors (Lipinski definition) is 6. The van der Waals surface area contributed by atoms with Gasteiger partial charge in [-0.15, -0.1) is 0 Å². The minimum atomic E-state index is -0.0691.